The molecule has 2 heteroatoms. The second kappa shape index (κ2) is 7.42. The molecule has 1 unspecified atom stereocenters. The zero-order chi connectivity index (χ0) is 15.4. The van der Waals surface area contributed by atoms with E-state index in [1.165, 1.54) is 60.8 Å². The van der Waals surface area contributed by atoms with E-state index in [2.05, 4.69) is 45.3 Å². The highest BCUT2D eigenvalue weighted by molar-refractivity contribution is 5.38. The van der Waals surface area contributed by atoms with Crippen molar-refractivity contribution in [1.82, 2.24) is 5.43 Å². The highest BCUT2D eigenvalue weighted by atomic mass is 15.2. The summed E-state index contributed by atoms with van der Waals surface area (Å²) in [6.45, 7) is 8.90. The first-order valence-electron chi connectivity index (χ1n) is 8.60. The Balaban J connectivity index is 2.12. The van der Waals surface area contributed by atoms with E-state index in [9.17, 15) is 0 Å². The molecule has 1 aliphatic rings. The first-order valence-corrected chi connectivity index (χ1v) is 8.60. The lowest BCUT2D eigenvalue weighted by molar-refractivity contribution is 0.214. The molecule has 1 aliphatic carbocycles. The molecule has 0 saturated heterocycles. The van der Waals surface area contributed by atoms with Crippen LogP contribution >= 0.6 is 0 Å². The largest absolute Gasteiger partial charge is 0.271 e. The van der Waals surface area contributed by atoms with Crippen molar-refractivity contribution in [3.05, 3.63) is 34.4 Å². The fourth-order valence-electron chi connectivity index (χ4n) is 4.02. The van der Waals surface area contributed by atoms with Crippen LogP contribution < -0.4 is 11.3 Å². The Morgan fingerprint density at radius 1 is 1.05 bits per heavy atom. The van der Waals surface area contributed by atoms with Crippen LogP contribution in [0.2, 0.25) is 0 Å². The quantitative estimate of drug-likeness (QED) is 0.607. The number of aryl methyl sites for hydroxylation is 3. The average Bonchev–Trinajstić information content (AvgIpc) is 2.47. The van der Waals surface area contributed by atoms with Gasteiger partial charge < -0.3 is 0 Å². The van der Waals surface area contributed by atoms with Crippen molar-refractivity contribution in [2.24, 2.45) is 17.7 Å². The van der Waals surface area contributed by atoms with Crippen molar-refractivity contribution in [2.75, 3.05) is 0 Å². The van der Waals surface area contributed by atoms with Gasteiger partial charge in [-0.25, -0.2) is 0 Å². The summed E-state index contributed by atoms with van der Waals surface area (Å²) in [5.41, 5.74) is 8.64. The summed E-state index contributed by atoms with van der Waals surface area (Å²) in [5.74, 6) is 7.57. The van der Waals surface area contributed by atoms with E-state index in [-0.39, 0.29) is 0 Å². The van der Waals surface area contributed by atoms with Gasteiger partial charge in [-0.3, -0.25) is 11.3 Å². The Bertz CT molecular complexity index is 459. The zero-order valence-electron chi connectivity index (χ0n) is 14.2. The fraction of sp³-hybridized carbons (Fsp3) is 0.684. The highest BCUT2D eigenvalue weighted by Crippen LogP contribution is 2.39. The standard InChI is InChI=1S/C19H32N2/c1-5-6-16-7-9-17(10-8-16)19(21-20)18-12-14(3)13(2)11-15(18)4/h11-12,16-17,19,21H,5-10,20H2,1-4H3. The van der Waals surface area contributed by atoms with Gasteiger partial charge in [0.05, 0.1) is 0 Å². The number of hydrogen-bond acceptors (Lipinski definition) is 2. The van der Waals surface area contributed by atoms with Crippen LogP contribution in [-0.2, 0) is 0 Å². The zero-order valence-corrected chi connectivity index (χ0v) is 14.2. The first-order chi connectivity index (χ1) is 10.1. The van der Waals surface area contributed by atoms with E-state index in [1.54, 1.807) is 0 Å². The monoisotopic (exact) mass is 288 g/mol. The Kier molecular flexibility index (Phi) is 5.83. The lowest BCUT2D eigenvalue weighted by Gasteiger charge is -2.34. The Morgan fingerprint density at radius 3 is 2.24 bits per heavy atom. The Labute approximate surface area is 130 Å². The summed E-state index contributed by atoms with van der Waals surface area (Å²) in [7, 11) is 0. The van der Waals surface area contributed by atoms with E-state index in [4.69, 9.17) is 5.84 Å². The van der Waals surface area contributed by atoms with Gasteiger partial charge in [0.1, 0.15) is 0 Å². The first kappa shape index (κ1) is 16.5. The van der Waals surface area contributed by atoms with Crippen LogP contribution in [0.25, 0.3) is 0 Å². The maximum atomic E-state index is 5.94. The summed E-state index contributed by atoms with van der Waals surface area (Å²) < 4.78 is 0. The number of hydrazine groups is 1. The van der Waals surface area contributed by atoms with Crippen molar-refractivity contribution in [1.29, 1.82) is 0 Å². The van der Waals surface area contributed by atoms with Gasteiger partial charge in [0.25, 0.3) is 0 Å². The molecule has 1 fully saturated rings. The molecule has 0 amide bonds. The molecular formula is C19H32N2. The van der Waals surface area contributed by atoms with E-state index < -0.39 is 0 Å². The lowest BCUT2D eigenvalue weighted by Crippen LogP contribution is -2.36. The SMILES string of the molecule is CCCC1CCC(C(NN)c2cc(C)c(C)cc2C)CC1. The molecule has 21 heavy (non-hydrogen) atoms. The maximum absolute atomic E-state index is 5.94. The molecule has 0 spiro atoms. The molecule has 0 bridgehead atoms. The predicted octanol–water partition coefficient (Wildman–Crippen LogP) is 4.72. The summed E-state index contributed by atoms with van der Waals surface area (Å²) in [5, 5.41) is 0. The van der Waals surface area contributed by atoms with Gasteiger partial charge in [-0.1, -0.05) is 44.7 Å². The van der Waals surface area contributed by atoms with Crippen molar-refractivity contribution >= 4 is 0 Å². The molecule has 1 saturated carbocycles. The van der Waals surface area contributed by atoms with Gasteiger partial charge in [0, 0.05) is 6.04 Å². The molecule has 0 radical (unpaired) electrons. The molecule has 1 aromatic carbocycles. The number of rotatable bonds is 5. The number of benzene rings is 1. The van der Waals surface area contributed by atoms with Crippen LogP contribution in [-0.4, -0.2) is 0 Å². The number of hydrogen-bond donors (Lipinski definition) is 2. The van der Waals surface area contributed by atoms with E-state index in [0.717, 1.165) is 5.92 Å². The summed E-state index contributed by atoms with van der Waals surface area (Å²) in [6.07, 6.45) is 8.10. The third-order valence-electron chi connectivity index (χ3n) is 5.46. The lowest BCUT2D eigenvalue weighted by atomic mass is 9.75. The minimum absolute atomic E-state index is 0.312. The van der Waals surface area contributed by atoms with Crippen molar-refractivity contribution < 1.29 is 0 Å². The van der Waals surface area contributed by atoms with Gasteiger partial charge in [0.15, 0.2) is 0 Å². The Hall–Kier alpha value is -0.860. The maximum Gasteiger partial charge on any atom is 0.0490 e. The molecule has 118 valence electrons. The van der Waals surface area contributed by atoms with Crippen LogP contribution in [0.1, 0.15) is 73.7 Å². The van der Waals surface area contributed by atoms with Gasteiger partial charge in [-0.2, -0.15) is 0 Å². The molecule has 3 N–H and O–H groups in total. The second-order valence-corrected chi connectivity index (χ2v) is 7.01. The molecule has 2 nitrogen and oxygen atoms in total. The Morgan fingerprint density at radius 2 is 1.67 bits per heavy atom. The third kappa shape index (κ3) is 3.87. The molecule has 1 aromatic rings. The van der Waals surface area contributed by atoms with Crippen LogP contribution in [0, 0.1) is 32.6 Å². The van der Waals surface area contributed by atoms with Crippen molar-refractivity contribution in [3.63, 3.8) is 0 Å². The van der Waals surface area contributed by atoms with Gasteiger partial charge in [-0.05, 0) is 67.7 Å². The van der Waals surface area contributed by atoms with E-state index >= 15 is 0 Å². The van der Waals surface area contributed by atoms with Crippen LogP contribution in [0.15, 0.2) is 12.1 Å². The molecule has 0 aliphatic heterocycles. The van der Waals surface area contributed by atoms with Gasteiger partial charge in [-0.15, -0.1) is 0 Å². The fourth-order valence-corrected chi connectivity index (χ4v) is 4.02. The molecule has 1 atom stereocenters. The highest BCUT2D eigenvalue weighted by Gasteiger charge is 2.28. The predicted molar refractivity (Wildman–Crippen MR) is 91.1 cm³/mol. The molecular weight excluding hydrogens is 256 g/mol. The third-order valence-corrected chi connectivity index (χ3v) is 5.46. The number of nitrogens with one attached hydrogen (secondary N) is 1. The van der Waals surface area contributed by atoms with Crippen LogP contribution in [0.3, 0.4) is 0 Å². The average molecular weight is 288 g/mol. The normalized spacial score (nSPS) is 24.0. The molecule has 2 rings (SSSR count). The molecule has 0 aromatic heterocycles. The van der Waals surface area contributed by atoms with Crippen LogP contribution in [0.5, 0.6) is 0 Å². The van der Waals surface area contributed by atoms with Gasteiger partial charge >= 0.3 is 0 Å². The van der Waals surface area contributed by atoms with Crippen molar-refractivity contribution in [2.45, 2.75) is 72.3 Å². The topological polar surface area (TPSA) is 38.0 Å². The van der Waals surface area contributed by atoms with E-state index in [0.29, 0.717) is 12.0 Å². The number of nitrogens with two attached hydrogens (primary N) is 1. The summed E-state index contributed by atoms with van der Waals surface area (Å²) in [4.78, 5) is 0. The van der Waals surface area contributed by atoms with E-state index in [1.807, 2.05) is 0 Å². The molecule has 0 heterocycles. The van der Waals surface area contributed by atoms with Crippen molar-refractivity contribution in [3.8, 4) is 0 Å². The van der Waals surface area contributed by atoms with Crippen LogP contribution in [0.4, 0.5) is 0 Å². The van der Waals surface area contributed by atoms with Gasteiger partial charge in [0.2, 0.25) is 0 Å². The minimum atomic E-state index is 0.312. The minimum Gasteiger partial charge on any atom is -0.271 e. The summed E-state index contributed by atoms with van der Waals surface area (Å²) in [6, 6.07) is 4.96. The summed E-state index contributed by atoms with van der Waals surface area (Å²) >= 11 is 0. The smallest absolute Gasteiger partial charge is 0.0490 e. The second-order valence-electron chi connectivity index (χ2n) is 7.01.